The van der Waals surface area contributed by atoms with Gasteiger partial charge in [-0.1, -0.05) is 68.4 Å². The molecule has 168 valence electrons. The van der Waals surface area contributed by atoms with E-state index in [4.69, 9.17) is 9.47 Å². The molecule has 0 amide bonds. The summed E-state index contributed by atoms with van der Waals surface area (Å²) in [5.41, 5.74) is 1.23. The fourth-order valence-corrected chi connectivity index (χ4v) is 8.28. The van der Waals surface area contributed by atoms with Crippen molar-refractivity contribution in [2.24, 2.45) is 5.41 Å². The molecule has 1 saturated heterocycles. The molecule has 3 aromatic rings. The van der Waals surface area contributed by atoms with Gasteiger partial charge in [0.2, 0.25) is 0 Å². The first kappa shape index (κ1) is 24.7. The monoisotopic (exact) mass is 466 g/mol. The Morgan fingerprint density at radius 2 is 1.16 bits per heavy atom. The number of halogens is 1. The van der Waals surface area contributed by atoms with Crippen molar-refractivity contribution in [1.82, 2.24) is 0 Å². The largest absolute Gasteiger partial charge is 1.00 e. The molecule has 4 heteroatoms. The standard InChI is InChI=1S/C28H32O2P.ClH/c1-23(27-29-21-28(2,3)22-30-27)19-20-31(24-13-7-4-8-14-24,25-15-9-5-10-16-25)26-17-11-6-12-18-26;/h4-19,27H,20-22H2,1-3H3;1H/q+1;/p-1. The van der Waals surface area contributed by atoms with Crippen molar-refractivity contribution in [3.63, 3.8) is 0 Å². The summed E-state index contributed by atoms with van der Waals surface area (Å²) in [6, 6.07) is 32.9. The second-order valence-corrected chi connectivity index (χ2v) is 12.6. The normalized spacial score (nSPS) is 16.9. The predicted molar refractivity (Wildman–Crippen MR) is 133 cm³/mol. The molecule has 1 heterocycles. The minimum atomic E-state index is -1.87. The summed E-state index contributed by atoms with van der Waals surface area (Å²) in [4.78, 5) is 0. The molecule has 0 aromatic heterocycles. The van der Waals surface area contributed by atoms with Crippen LogP contribution in [0.4, 0.5) is 0 Å². The van der Waals surface area contributed by atoms with E-state index in [-0.39, 0.29) is 24.1 Å². The first-order valence-corrected chi connectivity index (χ1v) is 12.9. The molecule has 0 spiro atoms. The van der Waals surface area contributed by atoms with E-state index >= 15 is 0 Å². The van der Waals surface area contributed by atoms with E-state index in [1.54, 1.807) is 0 Å². The van der Waals surface area contributed by atoms with Gasteiger partial charge in [0.15, 0.2) is 6.29 Å². The summed E-state index contributed by atoms with van der Waals surface area (Å²) < 4.78 is 12.1. The maximum Gasteiger partial charge on any atom is 0.179 e. The van der Waals surface area contributed by atoms with Crippen LogP contribution in [0.1, 0.15) is 20.8 Å². The van der Waals surface area contributed by atoms with Gasteiger partial charge in [0.25, 0.3) is 0 Å². The van der Waals surface area contributed by atoms with Crippen molar-refractivity contribution in [3.8, 4) is 0 Å². The highest BCUT2D eigenvalue weighted by Crippen LogP contribution is 2.55. The lowest BCUT2D eigenvalue weighted by Crippen LogP contribution is -3.00. The average molecular weight is 467 g/mol. The fraction of sp³-hybridized carbons (Fsp3) is 0.286. The number of ether oxygens (including phenoxy) is 2. The molecular weight excluding hydrogens is 435 g/mol. The molecule has 3 aromatic carbocycles. The van der Waals surface area contributed by atoms with E-state index in [0.29, 0.717) is 0 Å². The third-order valence-electron chi connectivity index (χ3n) is 5.90. The van der Waals surface area contributed by atoms with E-state index in [2.05, 4.69) is 118 Å². The van der Waals surface area contributed by atoms with Gasteiger partial charge in [0.1, 0.15) is 23.2 Å². The van der Waals surface area contributed by atoms with E-state index < -0.39 is 7.26 Å². The second-order valence-electron chi connectivity index (χ2n) is 9.07. The van der Waals surface area contributed by atoms with Crippen molar-refractivity contribution in [1.29, 1.82) is 0 Å². The van der Waals surface area contributed by atoms with Crippen LogP contribution in [0.25, 0.3) is 0 Å². The van der Waals surface area contributed by atoms with Gasteiger partial charge in [-0.2, -0.15) is 0 Å². The van der Waals surface area contributed by atoms with E-state index in [0.717, 1.165) is 24.9 Å². The van der Waals surface area contributed by atoms with Gasteiger partial charge in [-0.25, -0.2) is 0 Å². The predicted octanol–water partition coefficient (Wildman–Crippen LogP) is 2.33. The second kappa shape index (κ2) is 10.8. The Bertz CT molecular complexity index is 897. The highest BCUT2D eigenvalue weighted by Gasteiger charge is 2.44. The number of benzene rings is 3. The van der Waals surface area contributed by atoms with Crippen LogP contribution in [0.15, 0.2) is 103 Å². The molecule has 0 unspecified atom stereocenters. The number of hydrogen-bond acceptors (Lipinski definition) is 2. The molecule has 0 atom stereocenters. The number of hydrogen-bond donors (Lipinski definition) is 0. The molecule has 1 aliphatic heterocycles. The SMILES string of the molecule is CC(=CC[P+](c1ccccc1)(c1ccccc1)c1ccccc1)C1OCC(C)(C)CO1.[Cl-]. The molecule has 0 aliphatic carbocycles. The lowest BCUT2D eigenvalue weighted by atomic mass is 9.95. The smallest absolute Gasteiger partial charge is 0.179 e. The topological polar surface area (TPSA) is 18.5 Å². The zero-order chi connectivity index (χ0) is 21.7. The van der Waals surface area contributed by atoms with E-state index in [9.17, 15) is 0 Å². The van der Waals surface area contributed by atoms with Gasteiger partial charge in [-0.05, 0) is 55.0 Å². The Morgan fingerprint density at radius 1 is 0.781 bits per heavy atom. The van der Waals surface area contributed by atoms with Gasteiger partial charge in [0, 0.05) is 5.41 Å². The summed E-state index contributed by atoms with van der Waals surface area (Å²) in [5.74, 6) is 0. The maximum absolute atomic E-state index is 6.06. The van der Waals surface area contributed by atoms with E-state index in [1.807, 2.05) is 0 Å². The highest BCUT2D eigenvalue weighted by atomic mass is 35.5. The first-order valence-electron chi connectivity index (χ1n) is 11.0. The molecule has 32 heavy (non-hydrogen) atoms. The summed E-state index contributed by atoms with van der Waals surface area (Å²) in [5, 5.41) is 4.18. The van der Waals surface area contributed by atoms with Crippen LogP contribution >= 0.6 is 7.26 Å². The lowest BCUT2D eigenvalue weighted by molar-refractivity contribution is -0.202. The molecule has 2 nitrogen and oxygen atoms in total. The molecule has 1 aliphatic rings. The van der Waals surface area contributed by atoms with Crippen molar-refractivity contribution >= 4 is 23.2 Å². The third-order valence-corrected chi connectivity index (χ3v) is 10.2. The van der Waals surface area contributed by atoms with Crippen LogP contribution in [-0.4, -0.2) is 25.7 Å². The van der Waals surface area contributed by atoms with Crippen LogP contribution in [0.5, 0.6) is 0 Å². The maximum atomic E-state index is 6.06. The van der Waals surface area contributed by atoms with Crippen molar-refractivity contribution < 1.29 is 21.9 Å². The summed E-state index contributed by atoms with van der Waals surface area (Å²) in [7, 11) is -1.87. The van der Waals surface area contributed by atoms with E-state index in [1.165, 1.54) is 15.9 Å². The minimum Gasteiger partial charge on any atom is -1.00 e. The lowest BCUT2D eigenvalue weighted by Gasteiger charge is -2.35. The van der Waals surface area contributed by atoms with Gasteiger partial charge in [-0.15, -0.1) is 0 Å². The van der Waals surface area contributed by atoms with Gasteiger partial charge < -0.3 is 21.9 Å². The summed E-state index contributed by atoms with van der Waals surface area (Å²) in [6.07, 6.45) is 3.03. The molecule has 1 fully saturated rings. The number of rotatable bonds is 6. The highest BCUT2D eigenvalue weighted by molar-refractivity contribution is 7.95. The third kappa shape index (κ3) is 5.33. The van der Waals surface area contributed by atoms with Crippen molar-refractivity contribution in [3.05, 3.63) is 103 Å². The molecule has 0 saturated carbocycles. The van der Waals surface area contributed by atoms with Crippen LogP contribution in [-0.2, 0) is 9.47 Å². The first-order chi connectivity index (χ1) is 15.0. The molecule has 0 radical (unpaired) electrons. The van der Waals surface area contributed by atoms with Gasteiger partial charge in [0.05, 0.1) is 19.4 Å². The number of allylic oxidation sites excluding steroid dienone is 1. The van der Waals surface area contributed by atoms with Crippen LogP contribution < -0.4 is 28.3 Å². The molecule has 0 N–H and O–H groups in total. The van der Waals surface area contributed by atoms with Crippen molar-refractivity contribution in [2.45, 2.75) is 27.1 Å². The van der Waals surface area contributed by atoms with Crippen LogP contribution in [0, 0.1) is 5.41 Å². The van der Waals surface area contributed by atoms with Crippen LogP contribution in [0.2, 0.25) is 0 Å². The average Bonchev–Trinajstić information content (AvgIpc) is 2.81. The Labute approximate surface area is 199 Å². The molecular formula is C28H32ClO2P. The Hall–Kier alpha value is -1.96. The Morgan fingerprint density at radius 3 is 1.53 bits per heavy atom. The summed E-state index contributed by atoms with van der Waals surface area (Å²) in [6.45, 7) is 7.94. The fourth-order valence-electron chi connectivity index (χ4n) is 4.14. The minimum absolute atomic E-state index is 0. The van der Waals surface area contributed by atoms with Crippen molar-refractivity contribution in [2.75, 3.05) is 19.4 Å². The molecule has 4 rings (SSSR count). The molecule has 0 bridgehead atoms. The van der Waals surface area contributed by atoms with Crippen LogP contribution in [0.3, 0.4) is 0 Å². The Kier molecular flexibility index (Phi) is 8.31. The zero-order valence-corrected chi connectivity index (χ0v) is 20.7. The van der Waals surface area contributed by atoms with Gasteiger partial charge in [-0.3, -0.25) is 0 Å². The quantitative estimate of drug-likeness (QED) is 0.410. The zero-order valence-electron chi connectivity index (χ0n) is 19.1. The Balaban J connectivity index is 0.00000289. The summed E-state index contributed by atoms with van der Waals surface area (Å²) >= 11 is 0. The van der Waals surface area contributed by atoms with Gasteiger partial charge >= 0.3 is 0 Å².